The van der Waals surface area contributed by atoms with Crippen molar-refractivity contribution in [2.75, 3.05) is 11.9 Å². The van der Waals surface area contributed by atoms with E-state index >= 15 is 0 Å². The number of rotatable bonds is 8. The number of nitrogens with one attached hydrogen (secondary N) is 1. The number of benzene rings is 3. The van der Waals surface area contributed by atoms with E-state index in [4.69, 9.17) is 4.74 Å². The molecule has 0 spiro atoms. The second kappa shape index (κ2) is 11.8. The molecular formula is C26H20Br2FN5O5. The molecule has 1 N–H and O–H groups in total. The molecule has 10 nitrogen and oxygen atoms in total. The first kappa shape index (κ1) is 28.0. The van der Waals surface area contributed by atoms with Gasteiger partial charge >= 0.3 is 5.69 Å². The number of nitrogens with zero attached hydrogens (tertiary/aromatic N) is 4. The lowest BCUT2D eigenvalue weighted by Crippen LogP contribution is -2.23. The average molecular weight is 661 g/mol. The van der Waals surface area contributed by atoms with E-state index in [1.165, 1.54) is 36.5 Å². The van der Waals surface area contributed by atoms with E-state index in [1.807, 2.05) is 13.8 Å². The standard InChI is InChI=1S/C26H20Br2FN5O5/c1-14(2)25-32-20-8-7-16(27)10-18(20)26(36)33(25)30-12-15-9-17(28)11-22(34(37)38)24(15)39-13-23(35)31-21-6-4-3-5-19(21)29/h3-12,14H,13H2,1-2H3,(H,31,35). The summed E-state index contributed by atoms with van der Waals surface area (Å²) < 4.78 is 21.6. The maximum absolute atomic E-state index is 13.9. The lowest BCUT2D eigenvalue weighted by Gasteiger charge is -2.13. The quantitative estimate of drug-likeness (QED) is 0.140. The number of anilines is 1. The molecule has 0 fully saturated rings. The predicted molar refractivity (Wildman–Crippen MR) is 152 cm³/mol. The Morgan fingerprint density at radius 1 is 1.21 bits per heavy atom. The third-order valence-corrected chi connectivity index (χ3v) is 6.37. The van der Waals surface area contributed by atoms with Crippen LogP contribution in [0.3, 0.4) is 0 Å². The molecule has 0 aliphatic heterocycles. The van der Waals surface area contributed by atoms with E-state index < -0.39 is 34.5 Å². The Labute approximate surface area is 237 Å². The number of carbonyl (C=O) groups excluding carboxylic acids is 1. The van der Waals surface area contributed by atoms with Crippen molar-refractivity contribution < 1.29 is 18.8 Å². The van der Waals surface area contributed by atoms with Gasteiger partial charge in [-0.25, -0.2) is 9.37 Å². The van der Waals surface area contributed by atoms with Gasteiger partial charge in [0.05, 0.1) is 27.7 Å². The monoisotopic (exact) mass is 659 g/mol. The zero-order chi connectivity index (χ0) is 28.3. The number of halogens is 3. The number of hydrogen-bond donors (Lipinski definition) is 1. The second-order valence-corrected chi connectivity index (χ2v) is 10.4. The number of aromatic nitrogens is 2. The molecule has 1 amide bonds. The minimum atomic E-state index is -0.733. The molecule has 4 rings (SSSR count). The molecule has 0 saturated carbocycles. The van der Waals surface area contributed by atoms with Crippen LogP contribution in [0.2, 0.25) is 0 Å². The first-order valence-electron chi connectivity index (χ1n) is 11.5. The molecule has 0 unspecified atom stereocenters. The Bertz CT molecular complexity index is 1690. The molecule has 0 atom stereocenters. The Kier molecular flexibility index (Phi) is 8.51. The summed E-state index contributed by atoms with van der Waals surface area (Å²) in [4.78, 5) is 41.4. The highest BCUT2D eigenvalue weighted by Gasteiger charge is 2.22. The summed E-state index contributed by atoms with van der Waals surface area (Å²) >= 11 is 6.59. The van der Waals surface area contributed by atoms with Crippen LogP contribution in [0.1, 0.15) is 31.2 Å². The maximum atomic E-state index is 13.9. The zero-order valence-corrected chi connectivity index (χ0v) is 23.7. The minimum absolute atomic E-state index is 0.0609. The Morgan fingerprint density at radius 3 is 2.64 bits per heavy atom. The predicted octanol–water partition coefficient (Wildman–Crippen LogP) is 5.99. The van der Waals surface area contributed by atoms with Crippen molar-refractivity contribution in [1.82, 2.24) is 9.66 Å². The van der Waals surface area contributed by atoms with Gasteiger partial charge in [-0.1, -0.05) is 57.8 Å². The van der Waals surface area contributed by atoms with Gasteiger partial charge < -0.3 is 10.1 Å². The van der Waals surface area contributed by atoms with E-state index in [0.717, 1.165) is 4.68 Å². The van der Waals surface area contributed by atoms with Crippen molar-refractivity contribution >= 4 is 66.3 Å². The molecule has 39 heavy (non-hydrogen) atoms. The Balaban J connectivity index is 1.74. The van der Waals surface area contributed by atoms with Crippen LogP contribution < -0.4 is 15.6 Å². The minimum Gasteiger partial charge on any atom is -0.476 e. The fraction of sp³-hybridized carbons (Fsp3) is 0.154. The van der Waals surface area contributed by atoms with Crippen molar-refractivity contribution in [3.63, 3.8) is 0 Å². The van der Waals surface area contributed by atoms with E-state index in [1.54, 1.807) is 24.3 Å². The fourth-order valence-electron chi connectivity index (χ4n) is 3.65. The molecule has 0 aliphatic carbocycles. The number of nitro benzene ring substituents is 1. The normalized spacial score (nSPS) is 11.3. The van der Waals surface area contributed by atoms with E-state index in [2.05, 4.69) is 47.3 Å². The van der Waals surface area contributed by atoms with Gasteiger partial charge in [-0.05, 0) is 36.4 Å². The number of amides is 1. The van der Waals surface area contributed by atoms with Crippen LogP contribution in [0.25, 0.3) is 10.9 Å². The van der Waals surface area contributed by atoms with Crippen molar-refractivity contribution in [3.8, 4) is 5.75 Å². The average Bonchev–Trinajstić information content (AvgIpc) is 2.88. The zero-order valence-electron chi connectivity index (χ0n) is 20.5. The lowest BCUT2D eigenvalue weighted by atomic mass is 10.1. The van der Waals surface area contributed by atoms with Crippen LogP contribution in [0.4, 0.5) is 15.8 Å². The van der Waals surface area contributed by atoms with Gasteiger partial charge in [0.15, 0.2) is 6.61 Å². The molecule has 0 bridgehead atoms. The molecule has 0 radical (unpaired) electrons. The largest absolute Gasteiger partial charge is 0.476 e. The molecule has 1 aromatic heterocycles. The van der Waals surface area contributed by atoms with Gasteiger partial charge in [0, 0.05) is 26.5 Å². The first-order chi connectivity index (χ1) is 18.5. The van der Waals surface area contributed by atoms with Crippen molar-refractivity contribution in [1.29, 1.82) is 0 Å². The third kappa shape index (κ3) is 6.37. The van der Waals surface area contributed by atoms with Gasteiger partial charge in [0.1, 0.15) is 11.6 Å². The Morgan fingerprint density at radius 2 is 1.95 bits per heavy atom. The maximum Gasteiger partial charge on any atom is 0.312 e. The molecule has 200 valence electrons. The topological polar surface area (TPSA) is 129 Å². The summed E-state index contributed by atoms with van der Waals surface area (Å²) in [5, 5.41) is 18.8. The van der Waals surface area contributed by atoms with E-state index in [0.29, 0.717) is 25.7 Å². The van der Waals surface area contributed by atoms with Crippen molar-refractivity contribution in [2.45, 2.75) is 19.8 Å². The van der Waals surface area contributed by atoms with E-state index in [-0.39, 0.29) is 22.9 Å². The van der Waals surface area contributed by atoms with Crippen LogP contribution in [0, 0.1) is 15.9 Å². The number of fused-ring (bicyclic) bond motifs is 1. The van der Waals surface area contributed by atoms with Crippen molar-refractivity contribution in [3.05, 3.63) is 101 Å². The second-order valence-electron chi connectivity index (χ2n) is 8.56. The number of nitro groups is 1. The van der Waals surface area contributed by atoms with Crippen LogP contribution in [-0.4, -0.2) is 33.3 Å². The molecule has 1 heterocycles. The molecule has 13 heteroatoms. The number of hydrogen-bond acceptors (Lipinski definition) is 7. The van der Waals surface area contributed by atoms with Gasteiger partial charge in [-0.2, -0.15) is 9.78 Å². The fourth-order valence-corrected chi connectivity index (χ4v) is 4.47. The number of carbonyl (C=O) groups is 1. The van der Waals surface area contributed by atoms with Gasteiger partial charge in [-0.3, -0.25) is 19.7 Å². The molecule has 4 aromatic rings. The van der Waals surface area contributed by atoms with Crippen LogP contribution in [0.5, 0.6) is 5.75 Å². The number of para-hydroxylation sites is 1. The number of ether oxygens (including phenoxy) is 1. The summed E-state index contributed by atoms with van der Waals surface area (Å²) in [6.07, 6.45) is 1.22. The van der Waals surface area contributed by atoms with E-state index in [9.17, 15) is 24.1 Å². The molecule has 3 aromatic carbocycles. The molecule has 0 aliphatic rings. The van der Waals surface area contributed by atoms with Crippen LogP contribution >= 0.6 is 31.9 Å². The summed E-state index contributed by atoms with van der Waals surface area (Å²) in [6, 6.07) is 13.4. The van der Waals surface area contributed by atoms with Crippen LogP contribution in [-0.2, 0) is 4.79 Å². The van der Waals surface area contributed by atoms with Gasteiger partial charge in [0.2, 0.25) is 5.75 Å². The SMILES string of the molecule is CC(C)c1nc2ccc(Br)cc2c(=O)n1N=Cc1cc(Br)cc([N+](=O)[O-])c1OCC(=O)Nc1ccccc1F. The van der Waals surface area contributed by atoms with Crippen LogP contribution in [0.15, 0.2) is 73.4 Å². The highest BCUT2D eigenvalue weighted by molar-refractivity contribution is 9.10. The smallest absolute Gasteiger partial charge is 0.312 e. The highest BCUT2D eigenvalue weighted by atomic mass is 79.9. The summed E-state index contributed by atoms with van der Waals surface area (Å²) in [5.74, 6) is -1.44. The first-order valence-corrected chi connectivity index (χ1v) is 13.1. The third-order valence-electron chi connectivity index (χ3n) is 5.42. The summed E-state index contributed by atoms with van der Waals surface area (Å²) in [7, 11) is 0. The highest BCUT2D eigenvalue weighted by Crippen LogP contribution is 2.34. The van der Waals surface area contributed by atoms with Gasteiger partial charge in [0.25, 0.3) is 11.5 Å². The Hall–Kier alpha value is -3.97. The summed E-state index contributed by atoms with van der Waals surface area (Å²) in [6.45, 7) is 3.05. The lowest BCUT2D eigenvalue weighted by molar-refractivity contribution is -0.385. The molecular weight excluding hydrogens is 641 g/mol. The summed E-state index contributed by atoms with van der Waals surface area (Å²) in [5.41, 5.74) is -0.319. The van der Waals surface area contributed by atoms with Gasteiger partial charge in [-0.15, -0.1) is 0 Å². The molecule has 0 saturated heterocycles. The van der Waals surface area contributed by atoms with Crippen molar-refractivity contribution in [2.24, 2.45) is 5.10 Å².